The van der Waals surface area contributed by atoms with Gasteiger partial charge >= 0.3 is 0 Å². The molecule has 0 spiro atoms. The van der Waals surface area contributed by atoms with E-state index in [0.717, 1.165) is 12.5 Å². The van der Waals surface area contributed by atoms with E-state index in [2.05, 4.69) is 5.32 Å². The van der Waals surface area contributed by atoms with Crippen molar-refractivity contribution in [3.8, 4) is 0 Å². The molecular weight excluding hydrogens is 316 g/mol. The molecule has 3 N–H and O–H groups in total. The first-order valence-corrected chi connectivity index (χ1v) is 9.99. The molecule has 0 fully saturated rings. The quantitative estimate of drug-likeness (QED) is 0.742. The Labute approximate surface area is 124 Å². The average molecular weight is 334 g/mol. The van der Waals surface area contributed by atoms with Gasteiger partial charge in [0.2, 0.25) is 5.91 Å². The zero-order valence-electron chi connectivity index (χ0n) is 11.7. The number of hydrogen-bond acceptors (Lipinski definition) is 6. The van der Waals surface area contributed by atoms with Crippen molar-refractivity contribution in [3.63, 3.8) is 0 Å². The van der Waals surface area contributed by atoms with Crippen LogP contribution in [0.4, 0.5) is 5.69 Å². The molecule has 0 aliphatic rings. The van der Waals surface area contributed by atoms with Crippen molar-refractivity contribution < 1.29 is 21.6 Å². The van der Waals surface area contributed by atoms with Crippen molar-refractivity contribution in [3.05, 3.63) is 24.3 Å². The van der Waals surface area contributed by atoms with E-state index >= 15 is 0 Å². The predicted molar refractivity (Wildman–Crippen MR) is 80.5 cm³/mol. The smallest absolute Gasteiger partial charge is 0.241 e. The summed E-state index contributed by atoms with van der Waals surface area (Å²) in [7, 11) is -6.70. The van der Waals surface area contributed by atoms with Gasteiger partial charge in [0.05, 0.1) is 22.4 Å². The lowest BCUT2D eigenvalue weighted by Gasteiger charge is -2.13. The van der Waals surface area contributed by atoms with Gasteiger partial charge in [-0.15, -0.1) is 0 Å². The maximum absolute atomic E-state index is 11.9. The summed E-state index contributed by atoms with van der Waals surface area (Å²) in [5.41, 5.74) is 5.73. The van der Waals surface area contributed by atoms with Crippen LogP contribution in [0.1, 0.15) is 6.42 Å². The van der Waals surface area contributed by atoms with Gasteiger partial charge in [-0.05, 0) is 18.6 Å². The fraction of sp³-hybridized carbons (Fsp3) is 0.417. The number of nitrogens with one attached hydrogen (secondary N) is 1. The molecule has 1 atom stereocenters. The molecule has 1 aromatic rings. The van der Waals surface area contributed by atoms with Gasteiger partial charge in [0.1, 0.15) is 9.84 Å². The first kappa shape index (κ1) is 17.6. The number of hydrogen-bond donors (Lipinski definition) is 2. The van der Waals surface area contributed by atoms with Crippen molar-refractivity contribution in [1.82, 2.24) is 0 Å². The second-order valence-electron chi connectivity index (χ2n) is 4.78. The topological polar surface area (TPSA) is 123 Å². The van der Waals surface area contributed by atoms with Gasteiger partial charge in [0.25, 0.3) is 0 Å². The molecule has 1 unspecified atom stereocenters. The zero-order valence-corrected chi connectivity index (χ0v) is 13.4. The highest BCUT2D eigenvalue weighted by Crippen LogP contribution is 2.20. The van der Waals surface area contributed by atoms with Crippen LogP contribution in [0, 0.1) is 0 Å². The molecule has 0 aromatic heterocycles. The maximum atomic E-state index is 11.9. The third-order valence-electron chi connectivity index (χ3n) is 2.68. The van der Waals surface area contributed by atoms with Gasteiger partial charge in [0.15, 0.2) is 9.84 Å². The van der Waals surface area contributed by atoms with Crippen LogP contribution in [-0.2, 0) is 24.5 Å². The molecule has 0 heterocycles. The van der Waals surface area contributed by atoms with Gasteiger partial charge in [-0.3, -0.25) is 4.79 Å². The van der Waals surface area contributed by atoms with Gasteiger partial charge in [-0.25, -0.2) is 16.8 Å². The van der Waals surface area contributed by atoms with Crippen molar-refractivity contribution >= 4 is 31.3 Å². The van der Waals surface area contributed by atoms with Crippen LogP contribution >= 0.6 is 0 Å². The first-order valence-electron chi connectivity index (χ1n) is 6.04. The number of amides is 1. The van der Waals surface area contributed by atoms with Crippen molar-refractivity contribution in [2.45, 2.75) is 17.4 Å². The Bertz CT molecular complexity index is 726. The Hall–Kier alpha value is -1.45. The molecule has 1 amide bonds. The standard InChI is InChI=1S/C12H18N2O5S2/c1-20(16,17)8-7-9(13)12(15)14-10-5-3-4-6-11(10)21(2,18)19/h3-6,9H,7-8,13H2,1-2H3,(H,14,15). The van der Waals surface area contributed by atoms with Crippen molar-refractivity contribution in [2.75, 3.05) is 23.6 Å². The summed E-state index contributed by atoms with van der Waals surface area (Å²) >= 11 is 0. The molecule has 0 saturated carbocycles. The maximum Gasteiger partial charge on any atom is 0.241 e. The first-order chi connectivity index (χ1) is 9.50. The van der Waals surface area contributed by atoms with Gasteiger partial charge in [-0.2, -0.15) is 0 Å². The number of carbonyl (C=O) groups excluding carboxylic acids is 1. The number of sulfone groups is 2. The largest absolute Gasteiger partial charge is 0.324 e. The summed E-state index contributed by atoms with van der Waals surface area (Å²) in [5.74, 6) is -0.843. The van der Waals surface area contributed by atoms with Gasteiger partial charge in [-0.1, -0.05) is 12.1 Å². The molecule has 0 aliphatic carbocycles. The molecule has 118 valence electrons. The summed E-state index contributed by atoms with van der Waals surface area (Å²) in [6, 6.07) is 4.89. The second kappa shape index (κ2) is 6.54. The molecule has 0 radical (unpaired) electrons. The molecule has 0 aliphatic heterocycles. The lowest BCUT2D eigenvalue weighted by Crippen LogP contribution is -2.37. The SMILES string of the molecule is CS(=O)(=O)CCC(N)C(=O)Nc1ccccc1S(C)(=O)=O. The number of benzene rings is 1. The average Bonchev–Trinajstić information content (AvgIpc) is 2.34. The Kier molecular flexibility index (Phi) is 5.48. The van der Waals surface area contributed by atoms with E-state index < -0.39 is 31.6 Å². The third-order valence-corrected chi connectivity index (χ3v) is 4.81. The van der Waals surface area contributed by atoms with Crippen LogP contribution in [0.5, 0.6) is 0 Å². The summed E-state index contributed by atoms with van der Waals surface area (Å²) < 4.78 is 45.3. The minimum absolute atomic E-state index is 0.0198. The zero-order chi connectivity index (χ0) is 16.3. The fourth-order valence-electron chi connectivity index (χ4n) is 1.59. The lowest BCUT2D eigenvalue weighted by atomic mass is 10.2. The second-order valence-corrected chi connectivity index (χ2v) is 9.03. The van der Waals surface area contributed by atoms with Crippen LogP contribution < -0.4 is 11.1 Å². The monoisotopic (exact) mass is 334 g/mol. The number of rotatable bonds is 6. The van der Waals surface area contributed by atoms with Crippen LogP contribution in [0.2, 0.25) is 0 Å². The molecule has 0 saturated heterocycles. The van der Waals surface area contributed by atoms with Crippen LogP contribution in [-0.4, -0.2) is 47.0 Å². The number of anilines is 1. The molecule has 9 heteroatoms. The summed E-state index contributed by atoms with van der Waals surface area (Å²) in [6.45, 7) is 0. The number of carbonyl (C=O) groups is 1. The van der Waals surface area contributed by atoms with E-state index in [4.69, 9.17) is 5.73 Å². The fourth-order valence-corrected chi connectivity index (χ4v) is 3.12. The lowest BCUT2D eigenvalue weighted by molar-refractivity contribution is -0.117. The minimum atomic E-state index is -3.49. The van der Waals surface area contributed by atoms with Crippen LogP contribution in [0.15, 0.2) is 29.2 Å². The highest BCUT2D eigenvalue weighted by Gasteiger charge is 2.19. The molecule has 1 rings (SSSR count). The molecule has 0 bridgehead atoms. The van der Waals surface area contributed by atoms with E-state index in [9.17, 15) is 21.6 Å². The molecular formula is C12H18N2O5S2. The van der Waals surface area contributed by atoms with Gasteiger partial charge < -0.3 is 11.1 Å². The summed E-state index contributed by atoms with van der Waals surface area (Å²) in [5, 5.41) is 2.42. The third kappa shape index (κ3) is 5.82. The summed E-state index contributed by atoms with van der Waals surface area (Å²) in [4.78, 5) is 11.9. The van der Waals surface area contributed by atoms with E-state index in [1.54, 1.807) is 6.07 Å². The van der Waals surface area contributed by atoms with E-state index in [-0.39, 0.29) is 22.8 Å². The summed E-state index contributed by atoms with van der Waals surface area (Å²) in [6.07, 6.45) is 2.05. The van der Waals surface area contributed by atoms with Gasteiger partial charge in [0, 0.05) is 12.5 Å². The highest BCUT2D eigenvalue weighted by molar-refractivity contribution is 7.91. The van der Waals surface area contributed by atoms with Crippen molar-refractivity contribution in [1.29, 1.82) is 0 Å². The van der Waals surface area contributed by atoms with Crippen LogP contribution in [0.3, 0.4) is 0 Å². The Morgan fingerprint density at radius 2 is 1.76 bits per heavy atom. The molecule has 21 heavy (non-hydrogen) atoms. The Morgan fingerprint density at radius 1 is 1.19 bits per heavy atom. The normalized spacial score (nSPS) is 13.7. The minimum Gasteiger partial charge on any atom is -0.324 e. The number of para-hydroxylation sites is 1. The van der Waals surface area contributed by atoms with E-state index in [1.165, 1.54) is 18.2 Å². The number of nitrogens with two attached hydrogens (primary N) is 1. The van der Waals surface area contributed by atoms with Crippen LogP contribution in [0.25, 0.3) is 0 Å². The predicted octanol–water partition coefficient (Wildman–Crippen LogP) is -0.209. The molecule has 7 nitrogen and oxygen atoms in total. The van der Waals surface area contributed by atoms with E-state index in [0.29, 0.717) is 0 Å². The van der Waals surface area contributed by atoms with E-state index in [1.807, 2.05) is 0 Å². The molecule has 1 aromatic carbocycles. The Balaban J connectivity index is 2.85. The van der Waals surface area contributed by atoms with Crippen molar-refractivity contribution in [2.24, 2.45) is 5.73 Å². The Morgan fingerprint density at radius 3 is 2.29 bits per heavy atom. The highest BCUT2D eigenvalue weighted by atomic mass is 32.2.